The molecule has 0 aliphatic carbocycles. The first-order chi connectivity index (χ1) is 2.81. The molecule has 0 N–H and O–H groups in total. The highest BCUT2D eigenvalue weighted by atomic mass is 32.1. The fourth-order valence-corrected chi connectivity index (χ4v) is 0.0278. The highest BCUT2D eigenvalue weighted by molar-refractivity contribution is 7.82. The third kappa shape index (κ3) is 1.96. The molecular formula is C3H3O2S. The van der Waals surface area contributed by atoms with E-state index in [0.717, 1.165) is 0 Å². The van der Waals surface area contributed by atoms with E-state index in [0.29, 0.717) is 6.29 Å². The Bertz CT molecular complexity index is 53.8. The van der Waals surface area contributed by atoms with Crippen molar-refractivity contribution in [2.24, 2.45) is 0 Å². The minimum Gasteiger partial charge on any atom is -0.302 e. The summed E-state index contributed by atoms with van der Waals surface area (Å²) in [5.74, 6) is 0. The van der Waals surface area contributed by atoms with Gasteiger partial charge in [0.25, 0.3) is 0 Å². The number of aldehydes is 1. The van der Waals surface area contributed by atoms with Crippen LogP contribution in [0.2, 0.25) is 0 Å². The third-order valence-electron chi connectivity index (χ3n) is 0.250. The smallest absolute Gasteiger partial charge is 0.219 e. The average Bonchev–Trinajstić information content (AvgIpc) is 1.65. The molecule has 1 unspecified atom stereocenters. The zero-order valence-corrected chi connectivity index (χ0v) is 3.81. The quantitative estimate of drug-likeness (QED) is 0.293. The van der Waals surface area contributed by atoms with Crippen molar-refractivity contribution in [1.29, 1.82) is 0 Å². The molecule has 0 saturated heterocycles. The summed E-state index contributed by atoms with van der Waals surface area (Å²) in [5, 5.41) is -0.856. The molecule has 6 heavy (non-hydrogen) atoms. The van der Waals surface area contributed by atoms with Crippen molar-refractivity contribution in [2.75, 3.05) is 0 Å². The molecule has 3 heteroatoms. The first-order valence-electron chi connectivity index (χ1n) is 1.32. The molecule has 0 aromatic heterocycles. The second-order valence-corrected chi connectivity index (χ2v) is 1.26. The molecule has 1 atom stereocenters. The van der Waals surface area contributed by atoms with E-state index >= 15 is 0 Å². The van der Waals surface area contributed by atoms with Gasteiger partial charge < -0.3 is 4.79 Å². The van der Waals surface area contributed by atoms with E-state index in [2.05, 4.69) is 12.6 Å². The first-order valence-corrected chi connectivity index (χ1v) is 1.84. The Morgan fingerprint density at radius 2 is 2.33 bits per heavy atom. The highest BCUT2D eigenvalue weighted by Crippen LogP contribution is 1.79. The Hall–Kier alpha value is -0.310. The number of carbonyl (C=O) groups is 1. The van der Waals surface area contributed by atoms with Gasteiger partial charge in [0.2, 0.25) is 6.29 Å². The molecule has 0 saturated carbocycles. The molecular weight excluding hydrogens is 100 g/mol. The molecule has 0 amide bonds. The maximum atomic E-state index is 9.40. The van der Waals surface area contributed by atoms with Gasteiger partial charge in [0.1, 0.15) is 11.5 Å². The van der Waals surface area contributed by atoms with Crippen LogP contribution in [0.5, 0.6) is 0 Å². The molecule has 1 radical (unpaired) electrons. The Labute approximate surface area is 40.9 Å². The largest absolute Gasteiger partial charge is 0.302 e. The van der Waals surface area contributed by atoms with Gasteiger partial charge in [0, 0.05) is 0 Å². The van der Waals surface area contributed by atoms with Crippen LogP contribution in [0.1, 0.15) is 0 Å². The summed E-state index contributed by atoms with van der Waals surface area (Å²) >= 11 is 3.44. The summed E-state index contributed by atoms with van der Waals surface area (Å²) in [5.41, 5.74) is 0. The van der Waals surface area contributed by atoms with Crippen LogP contribution in [0.25, 0.3) is 0 Å². The second kappa shape index (κ2) is 2.90. The summed E-state index contributed by atoms with van der Waals surface area (Å²) < 4.78 is 0. The van der Waals surface area contributed by atoms with Crippen LogP contribution in [-0.4, -0.2) is 17.8 Å². The molecule has 0 fully saturated rings. The van der Waals surface area contributed by atoms with Crippen LogP contribution in [-0.2, 0) is 9.59 Å². The van der Waals surface area contributed by atoms with Crippen molar-refractivity contribution in [1.82, 2.24) is 0 Å². The molecule has 0 rings (SSSR count). The number of rotatable bonds is 2. The van der Waals surface area contributed by atoms with E-state index in [1.54, 1.807) is 0 Å². The second-order valence-electron chi connectivity index (χ2n) is 0.699. The van der Waals surface area contributed by atoms with Crippen molar-refractivity contribution in [2.45, 2.75) is 5.25 Å². The summed E-state index contributed by atoms with van der Waals surface area (Å²) in [6, 6.07) is 0. The van der Waals surface area contributed by atoms with Gasteiger partial charge in [0.05, 0.1) is 0 Å². The summed E-state index contributed by atoms with van der Waals surface area (Å²) in [7, 11) is 0. The van der Waals surface area contributed by atoms with E-state index in [9.17, 15) is 9.59 Å². The average molecular weight is 103 g/mol. The topological polar surface area (TPSA) is 34.1 Å². The molecule has 0 aliphatic heterocycles. The zero-order valence-electron chi connectivity index (χ0n) is 2.92. The van der Waals surface area contributed by atoms with E-state index in [1.807, 2.05) is 0 Å². The van der Waals surface area contributed by atoms with Crippen molar-refractivity contribution in [3.8, 4) is 0 Å². The SMILES string of the molecule is O=[C]C(S)C=O. The zero-order chi connectivity index (χ0) is 4.99. The first kappa shape index (κ1) is 5.69. The van der Waals surface area contributed by atoms with E-state index < -0.39 is 5.25 Å². The predicted octanol–water partition coefficient (Wildman–Crippen LogP) is -0.407. The van der Waals surface area contributed by atoms with Crippen LogP contribution in [0.3, 0.4) is 0 Å². The van der Waals surface area contributed by atoms with Crippen molar-refractivity contribution < 1.29 is 9.59 Å². The number of hydrogen-bond donors (Lipinski definition) is 1. The minimum atomic E-state index is -0.856. The van der Waals surface area contributed by atoms with Crippen molar-refractivity contribution >= 4 is 25.2 Å². The Balaban J connectivity index is 3.21. The Morgan fingerprint density at radius 1 is 1.83 bits per heavy atom. The summed E-state index contributed by atoms with van der Waals surface area (Å²) in [6.07, 6.45) is 1.77. The van der Waals surface area contributed by atoms with Gasteiger partial charge in [-0.25, -0.2) is 0 Å². The molecule has 0 aromatic rings. The van der Waals surface area contributed by atoms with Crippen molar-refractivity contribution in [3.63, 3.8) is 0 Å². The fraction of sp³-hybridized carbons (Fsp3) is 0.333. The van der Waals surface area contributed by atoms with E-state index in [-0.39, 0.29) is 0 Å². The van der Waals surface area contributed by atoms with Crippen LogP contribution in [0, 0.1) is 0 Å². The molecule has 0 aliphatic rings. The van der Waals surface area contributed by atoms with Gasteiger partial charge in [-0.05, 0) is 0 Å². The molecule has 0 heterocycles. The lowest BCUT2D eigenvalue weighted by Crippen LogP contribution is -1.98. The number of carbonyl (C=O) groups excluding carboxylic acids is 2. The number of thiol groups is 1. The van der Waals surface area contributed by atoms with Crippen molar-refractivity contribution in [3.05, 3.63) is 0 Å². The van der Waals surface area contributed by atoms with Gasteiger partial charge in [-0.2, -0.15) is 12.6 Å². The van der Waals surface area contributed by atoms with Crippen LogP contribution in [0.15, 0.2) is 0 Å². The lowest BCUT2D eigenvalue weighted by atomic mass is 10.5. The Morgan fingerprint density at radius 3 is 2.33 bits per heavy atom. The maximum absolute atomic E-state index is 9.40. The van der Waals surface area contributed by atoms with Gasteiger partial charge in [-0.1, -0.05) is 0 Å². The third-order valence-corrected chi connectivity index (χ3v) is 0.477. The molecule has 33 valence electrons. The van der Waals surface area contributed by atoms with Gasteiger partial charge in [0.15, 0.2) is 0 Å². The van der Waals surface area contributed by atoms with Gasteiger partial charge in [-0.15, -0.1) is 0 Å². The molecule has 2 nitrogen and oxygen atoms in total. The normalized spacial score (nSPS) is 8.33. The van der Waals surface area contributed by atoms with E-state index in [1.165, 1.54) is 6.29 Å². The minimum absolute atomic E-state index is 0.413. The fourth-order valence-electron chi connectivity index (χ4n) is 0.0278. The van der Waals surface area contributed by atoms with Crippen LogP contribution >= 0.6 is 12.6 Å². The van der Waals surface area contributed by atoms with E-state index in [4.69, 9.17) is 0 Å². The van der Waals surface area contributed by atoms with Crippen LogP contribution in [0.4, 0.5) is 0 Å². The molecule has 0 aromatic carbocycles. The molecule has 0 bridgehead atoms. The lowest BCUT2D eigenvalue weighted by molar-refractivity contribution is -0.106. The monoisotopic (exact) mass is 103 g/mol. The lowest BCUT2D eigenvalue weighted by Gasteiger charge is -1.76. The van der Waals surface area contributed by atoms with Gasteiger partial charge in [-0.3, -0.25) is 4.79 Å². The van der Waals surface area contributed by atoms with Crippen LogP contribution < -0.4 is 0 Å². The summed E-state index contributed by atoms with van der Waals surface area (Å²) in [6.45, 7) is 0. The summed E-state index contributed by atoms with van der Waals surface area (Å²) in [4.78, 5) is 18.7. The molecule has 0 spiro atoms. The number of hydrogen-bond acceptors (Lipinski definition) is 3. The Kier molecular flexibility index (Phi) is 2.75. The predicted molar refractivity (Wildman–Crippen MR) is 24.5 cm³/mol. The highest BCUT2D eigenvalue weighted by Gasteiger charge is 1.92. The maximum Gasteiger partial charge on any atom is 0.219 e. The standard InChI is InChI=1S/C3H3O2S/c4-1-3(6)2-5/h1,3,6H. The van der Waals surface area contributed by atoms with Gasteiger partial charge >= 0.3 is 0 Å².